The highest BCUT2D eigenvalue weighted by Crippen LogP contribution is 2.34. The van der Waals surface area contributed by atoms with Gasteiger partial charge in [0.1, 0.15) is 5.76 Å². The van der Waals surface area contributed by atoms with Gasteiger partial charge in [-0.1, -0.05) is 0 Å². The maximum Gasteiger partial charge on any atom is 0.490 e. The van der Waals surface area contributed by atoms with Crippen molar-refractivity contribution in [1.82, 2.24) is 9.80 Å². The Morgan fingerprint density at radius 3 is 2.47 bits per heavy atom. The molecule has 0 saturated carbocycles. The van der Waals surface area contributed by atoms with Crippen LogP contribution in [0.3, 0.4) is 0 Å². The van der Waals surface area contributed by atoms with E-state index >= 15 is 0 Å². The van der Waals surface area contributed by atoms with Crippen LogP contribution in [0.4, 0.5) is 18.9 Å². The van der Waals surface area contributed by atoms with Gasteiger partial charge in [0.05, 0.1) is 29.6 Å². The van der Waals surface area contributed by atoms with Gasteiger partial charge in [-0.05, 0) is 37.9 Å². The number of halogens is 3. The van der Waals surface area contributed by atoms with E-state index < -0.39 is 12.1 Å². The van der Waals surface area contributed by atoms with Crippen LogP contribution in [0.5, 0.6) is 0 Å². The Labute approximate surface area is 185 Å². The lowest BCUT2D eigenvalue weighted by Crippen LogP contribution is -2.64. The Bertz CT molecular complexity index is 991. The summed E-state index contributed by atoms with van der Waals surface area (Å²) in [5.41, 5.74) is 1.39. The molecule has 12 heteroatoms. The lowest BCUT2D eigenvalue weighted by Gasteiger charge is -2.46. The summed E-state index contributed by atoms with van der Waals surface area (Å²) in [6.45, 7) is 4.12. The number of hydrogen-bond acceptors (Lipinski definition) is 6. The SMILES string of the molecule is Cc1occc1C(=O)N1CCC2(C1)CN(c1ccsc1)C(=O)CN2C.O=C(O)C(F)(F)F. The molecule has 0 radical (unpaired) electrons. The number of furan rings is 1. The number of nitrogens with zero attached hydrogens (tertiary/aromatic N) is 3. The van der Waals surface area contributed by atoms with Gasteiger partial charge in [0.2, 0.25) is 5.91 Å². The summed E-state index contributed by atoms with van der Waals surface area (Å²) < 4.78 is 37.0. The molecule has 8 nitrogen and oxygen atoms in total. The number of alkyl halides is 3. The molecule has 2 aromatic rings. The maximum atomic E-state index is 12.8. The third kappa shape index (κ3) is 4.80. The van der Waals surface area contributed by atoms with E-state index in [1.54, 1.807) is 23.7 Å². The Hall–Kier alpha value is -2.86. The van der Waals surface area contributed by atoms with Crippen molar-refractivity contribution in [3.63, 3.8) is 0 Å². The Kier molecular flexibility index (Phi) is 6.65. The largest absolute Gasteiger partial charge is 0.490 e. The summed E-state index contributed by atoms with van der Waals surface area (Å²) in [5.74, 6) is -1.98. The zero-order valence-corrected chi connectivity index (χ0v) is 18.2. The number of thiophene rings is 1. The van der Waals surface area contributed by atoms with Gasteiger partial charge in [-0.15, -0.1) is 0 Å². The smallest absolute Gasteiger partial charge is 0.475 e. The van der Waals surface area contributed by atoms with E-state index in [2.05, 4.69) is 4.90 Å². The van der Waals surface area contributed by atoms with Crippen LogP contribution in [0, 0.1) is 6.92 Å². The summed E-state index contributed by atoms with van der Waals surface area (Å²) in [6, 6.07) is 3.71. The molecular weight excluding hydrogens is 451 g/mol. The fraction of sp³-hybridized carbons (Fsp3) is 0.450. The molecular formula is C20H22F3N3O5S. The monoisotopic (exact) mass is 473 g/mol. The average Bonchev–Trinajstić information content (AvgIpc) is 3.46. The zero-order valence-electron chi connectivity index (χ0n) is 17.4. The van der Waals surface area contributed by atoms with Crippen molar-refractivity contribution in [3.05, 3.63) is 40.5 Å². The molecule has 0 aromatic carbocycles. The molecule has 1 atom stereocenters. The van der Waals surface area contributed by atoms with E-state index in [0.717, 1.165) is 12.1 Å². The van der Waals surface area contributed by atoms with Gasteiger partial charge in [-0.2, -0.15) is 24.5 Å². The van der Waals surface area contributed by atoms with Crippen molar-refractivity contribution in [3.8, 4) is 0 Å². The number of aryl methyl sites for hydroxylation is 1. The lowest BCUT2D eigenvalue weighted by atomic mass is 9.93. The number of aliphatic carboxylic acids is 1. The zero-order chi connectivity index (χ0) is 23.7. The van der Waals surface area contributed by atoms with Gasteiger partial charge in [0, 0.05) is 25.0 Å². The molecule has 4 rings (SSSR count). The van der Waals surface area contributed by atoms with Crippen LogP contribution >= 0.6 is 11.3 Å². The van der Waals surface area contributed by atoms with E-state index in [9.17, 15) is 22.8 Å². The number of carbonyl (C=O) groups excluding carboxylic acids is 2. The van der Waals surface area contributed by atoms with Gasteiger partial charge < -0.3 is 19.3 Å². The fourth-order valence-electron chi connectivity index (χ4n) is 3.85. The van der Waals surface area contributed by atoms with E-state index in [1.165, 1.54) is 0 Å². The lowest BCUT2D eigenvalue weighted by molar-refractivity contribution is -0.192. The predicted molar refractivity (Wildman–Crippen MR) is 110 cm³/mol. The van der Waals surface area contributed by atoms with Crippen LogP contribution in [-0.4, -0.2) is 77.6 Å². The molecule has 2 fully saturated rings. The van der Waals surface area contributed by atoms with Crippen molar-refractivity contribution in [2.24, 2.45) is 0 Å². The number of carboxylic acids is 1. The quantitative estimate of drug-likeness (QED) is 0.721. The number of piperazine rings is 1. The third-order valence-corrected chi connectivity index (χ3v) is 6.38. The molecule has 32 heavy (non-hydrogen) atoms. The molecule has 0 bridgehead atoms. The van der Waals surface area contributed by atoms with Crippen LogP contribution in [0.15, 0.2) is 33.6 Å². The second-order valence-electron chi connectivity index (χ2n) is 7.71. The van der Waals surface area contributed by atoms with Crippen molar-refractivity contribution >= 4 is 34.8 Å². The number of amides is 2. The molecule has 2 aromatic heterocycles. The first kappa shape index (κ1) is 23.8. The molecule has 2 aliphatic heterocycles. The minimum absolute atomic E-state index is 0.00973. The topological polar surface area (TPSA) is 94.3 Å². The standard InChI is InChI=1S/C18H21N3O3S.C2HF3O2/c1-13-15(3-7-24-13)17(23)20-6-5-18(11-20)12-21(14-4-8-25-10-14)16(22)9-19(18)2;3-2(4,5)1(6)7/h3-4,7-8,10H,5-6,9,11-12H2,1-2H3;(H,6,7). The minimum atomic E-state index is -5.08. The highest BCUT2D eigenvalue weighted by molar-refractivity contribution is 7.08. The Balaban J connectivity index is 0.000000360. The van der Waals surface area contributed by atoms with Crippen LogP contribution in [0.2, 0.25) is 0 Å². The van der Waals surface area contributed by atoms with E-state index in [4.69, 9.17) is 14.3 Å². The highest BCUT2D eigenvalue weighted by Gasteiger charge is 2.49. The van der Waals surface area contributed by atoms with E-state index in [0.29, 0.717) is 37.5 Å². The van der Waals surface area contributed by atoms with Gasteiger partial charge in [0.15, 0.2) is 0 Å². The molecule has 2 saturated heterocycles. The van der Waals surface area contributed by atoms with Gasteiger partial charge in [-0.25, -0.2) is 4.79 Å². The summed E-state index contributed by atoms with van der Waals surface area (Å²) in [6.07, 6.45) is -2.67. The number of likely N-dealkylation sites (tertiary alicyclic amines) is 1. The fourth-order valence-corrected chi connectivity index (χ4v) is 4.49. The first-order chi connectivity index (χ1) is 14.9. The molecule has 0 aliphatic carbocycles. The van der Waals surface area contributed by atoms with E-state index in [1.807, 2.05) is 40.6 Å². The van der Waals surface area contributed by atoms with Gasteiger partial charge in [0.25, 0.3) is 5.91 Å². The number of carboxylic acid groups (broad SMARTS) is 1. The summed E-state index contributed by atoms with van der Waals surface area (Å²) >= 11 is 1.59. The molecule has 4 heterocycles. The van der Waals surface area contributed by atoms with E-state index in [-0.39, 0.29) is 17.4 Å². The molecule has 1 N–H and O–H groups in total. The number of carbonyl (C=O) groups is 3. The molecule has 174 valence electrons. The van der Waals surface area contributed by atoms with Crippen molar-refractivity contribution in [2.75, 3.05) is 38.1 Å². The van der Waals surface area contributed by atoms with Gasteiger partial charge in [-0.3, -0.25) is 14.5 Å². The average molecular weight is 473 g/mol. The third-order valence-electron chi connectivity index (χ3n) is 5.70. The van der Waals surface area contributed by atoms with Crippen molar-refractivity contribution in [2.45, 2.75) is 25.1 Å². The maximum absolute atomic E-state index is 12.8. The second kappa shape index (κ2) is 8.94. The number of rotatable bonds is 2. The molecule has 2 amide bonds. The normalized spacial score (nSPS) is 21.6. The minimum Gasteiger partial charge on any atom is -0.475 e. The summed E-state index contributed by atoms with van der Waals surface area (Å²) in [5, 5.41) is 11.1. The first-order valence-electron chi connectivity index (χ1n) is 9.62. The number of likely N-dealkylation sites (N-methyl/N-ethyl adjacent to an activating group) is 1. The second-order valence-corrected chi connectivity index (χ2v) is 8.49. The van der Waals surface area contributed by atoms with Gasteiger partial charge >= 0.3 is 12.1 Å². The first-order valence-corrected chi connectivity index (χ1v) is 10.6. The molecule has 2 aliphatic rings. The Morgan fingerprint density at radius 1 is 1.25 bits per heavy atom. The number of anilines is 1. The number of hydrogen-bond donors (Lipinski definition) is 1. The Morgan fingerprint density at radius 2 is 1.94 bits per heavy atom. The van der Waals surface area contributed by atoms with Crippen molar-refractivity contribution in [1.29, 1.82) is 0 Å². The molecule has 1 unspecified atom stereocenters. The van der Waals surface area contributed by atoms with Crippen LogP contribution in [-0.2, 0) is 9.59 Å². The van der Waals surface area contributed by atoms with Crippen LogP contribution < -0.4 is 4.90 Å². The van der Waals surface area contributed by atoms with Crippen molar-refractivity contribution < 1.29 is 37.1 Å². The summed E-state index contributed by atoms with van der Waals surface area (Å²) in [4.78, 5) is 40.1. The molecule has 1 spiro atoms. The summed E-state index contributed by atoms with van der Waals surface area (Å²) in [7, 11) is 1.99. The van der Waals surface area contributed by atoms with Crippen LogP contribution in [0.25, 0.3) is 0 Å². The highest BCUT2D eigenvalue weighted by atomic mass is 32.1. The predicted octanol–water partition coefficient (Wildman–Crippen LogP) is 2.85. The van der Waals surface area contributed by atoms with Crippen LogP contribution in [0.1, 0.15) is 22.5 Å².